The lowest BCUT2D eigenvalue weighted by molar-refractivity contribution is 0.598. The molecule has 122 valence electrons. The Morgan fingerprint density at radius 1 is 1.13 bits per heavy atom. The van der Waals surface area contributed by atoms with Crippen LogP contribution in [0.25, 0.3) is 0 Å². The standard InChI is InChI=1S/C14H16N4O4S/c1-8-12(13(19)17-14(20)16-8)23(21,22)18-11-3-2-9-4-5-15-7-10(9)6-11/h2-3,6,15,18H,4-5,7H2,1H3,(H2,16,17,19,20). The minimum Gasteiger partial charge on any atom is -0.312 e. The number of sulfonamides is 1. The Kier molecular flexibility index (Phi) is 3.82. The van der Waals surface area contributed by atoms with Crippen molar-refractivity contribution in [2.24, 2.45) is 0 Å². The predicted octanol–water partition coefficient (Wildman–Crippen LogP) is -0.182. The normalized spacial score (nSPS) is 14.3. The van der Waals surface area contributed by atoms with E-state index in [-0.39, 0.29) is 5.69 Å². The van der Waals surface area contributed by atoms with Crippen LogP contribution in [0.3, 0.4) is 0 Å². The molecule has 2 aromatic rings. The number of benzene rings is 1. The van der Waals surface area contributed by atoms with E-state index in [1.165, 1.54) is 12.5 Å². The van der Waals surface area contributed by atoms with Crippen LogP contribution in [-0.4, -0.2) is 24.9 Å². The van der Waals surface area contributed by atoms with Crippen molar-refractivity contribution in [2.75, 3.05) is 11.3 Å². The van der Waals surface area contributed by atoms with E-state index in [2.05, 4.69) is 15.0 Å². The van der Waals surface area contributed by atoms with Crippen molar-refractivity contribution in [3.05, 3.63) is 55.9 Å². The summed E-state index contributed by atoms with van der Waals surface area (Å²) < 4.78 is 27.3. The second-order valence-electron chi connectivity index (χ2n) is 5.38. The molecule has 0 aliphatic carbocycles. The molecule has 1 aromatic carbocycles. The van der Waals surface area contributed by atoms with Crippen LogP contribution < -0.4 is 21.3 Å². The molecule has 1 aliphatic rings. The van der Waals surface area contributed by atoms with Crippen molar-refractivity contribution >= 4 is 15.7 Å². The lowest BCUT2D eigenvalue weighted by Gasteiger charge is -2.18. The highest BCUT2D eigenvalue weighted by molar-refractivity contribution is 7.92. The van der Waals surface area contributed by atoms with E-state index >= 15 is 0 Å². The third-order valence-electron chi connectivity index (χ3n) is 3.69. The van der Waals surface area contributed by atoms with Crippen LogP contribution in [0.4, 0.5) is 5.69 Å². The summed E-state index contributed by atoms with van der Waals surface area (Å²) in [5, 5.41) is 3.22. The third kappa shape index (κ3) is 3.06. The van der Waals surface area contributed by atoms with E-state index in [9.17, 15) is 18.0 Å². The molecule has 0 fully saturated rings. The molecule has 0 bridgehead atoms. The van der Waals surface area contributed by atoms with Gasteiger partial charge in [-0.3, -0.25) is 14.5 Å². The van der Waals surface area contributed by atoms with Crippen LogP contribution in [0, 0.1) is 6.92 Å². The molecule has 0 saturated carbocycles. The number of anilines is 1. The SMILES string of the molecule is Cc1[nH]c(=O)[nH]c(=O)c1S(=O)(=O)Nc1ccc2c(c1)CNCC2. The van der Waals surface area contributed by atoms with Gasteiger partial charge in [-0.2, -0.15) is 0 Å². The fraction of sp³-hybridized carbons (Fsp3) is 0.286. The first-order valence-corrected chi connectivity index (χ1v) is 8.54. The van der Waals surface area contributed by atoms with Gasteiger partial charge in [0, 0.05) is 17.9 Å². The molecule has 0 unspecified atom stereocenters. The topological polar surface area (TPSA) is 124 Å². The quantitative estimate of drug-likeness (QED) is 0.619. The lowest BCUT2D eigenvalue weighted by atomic mass is 10.0. The van der Waals surface area contributed by atoms with Crippen LogP contribution in [-0.2, 0) is 23.0 Å². The van der Waals surface area contributed by atoms with E-state index in [4.69, 9.17) is 0 Å². The highest BCUT2D eigenvalue weighted by Crippen LogP contribution is 2.21. The molecule has 0 amide bonds. The zero-order valence-electron chi connectivity index (χ0n) is 12.4. The Bertz CT molecular complexity index is 975. The molecule has 0 spiro atoms. The zero-order valence-corrected chi connectivity index (χ0v) is 13.2. The first-order chi connectivity index (χ1) is 10.9. The maximum Gasteiger partial charge on any atom is 0.325 e. The summed E-state index contributed by atoms with van der Waals surface area (Å²) >= 11 is 0. The average Bonchev–Trinajstić information content (AvgIpc) is 2.45. The summed E-state index contributed by atoms with van der Waals surface area (Å²) in [6, 6.07) is 5.28. The highest BCUT2D eigenvalue weighted by Gasteiger charge is 2.22. The second kappa shape index (κ2) is 5.67. The van der Waals surface area contributed by atoms with Crippen LogP contribution >= 0.6 is 0 Å². The first-order valence-electron chi connectivity index (χ1n) is 7.05. The monoisotopic (exact) mass is 336 g/mol. The summed E-state index contributed by atoms with van der Waals surface area (Å²) in [7, 11) is -4.10. The van der Waals surface area contributed by atoms with Gasteiger partial charge in [0.15, 0.2) is 4.90 Å². The van der Waals surface area contributed by atoms with Gasteiger partial charge in [-0.1, -0.05) is 6.07 Å². The zero-order chi connectivity index (χ0) is 16.6. The molecule has 1 aromatic heterocycles. The summed E-state index contributed by atoms with van der Waals surface area (Å²) in [5.41, 5.74) is 0.862. The van der Waals surface area contributed by atoms with Crippen molar-refractivity contribution < 1.29 is 8.42 Å². The Morgan fingerprint density at radius 3 is 2.65 bits per heavy atom. The van der Waals surface area contributed by atoms with Gasteiger partial charge in [0.25, 0.3) is 15.6 Å². The number of nitrogens with one attached hydrogen (secondary N) is 4. The minimum absolute atomic E-state index is 0.00845. The van der Waals surface area contributed by atoms with Crippen molar-refractivity contribution in [2.45, 2.75) is 24.8 Å². The van der Waals surface area contributed by atoms with Gasteiger partial charge in [0.1, 0.15) is 0 Å². The Balaban J connectivity index is 1.99. The maximum absolute atomic E-state index is 12.5. The number of rotatable bonds is 3. The van der Waals surface area contributed by atoms with Crippen molar-refractivity contribution in [3.63, 3.8) is 0 Å². The van der Waals surface area contributed by atoms with Gasteiger partial charge < -0.3 is 10.3 Å². The van der Waals surface area contributed by atoms with Crippen LogP contribution in [0.15, 0.2) is 32.7 Å². The van der Waals surface area contributed by atoms with Gasteiger partial charge in [-0.25, -0.2) is 13.2 Å². The van der Waals surface area contributed by atoms with Gasteiger partial charge in [0.2, 0.25) is 0 Å². The average molecular weight is 336 g/mol. The van der Waals surface area contributed by atoms with Gasteiger partial charge in [0.05, 0.1) is 0 Å². The molecule has 3 rings (SSSR count). The molecule has 0 radical (unpaired) electrons. The molecular weight excluding hydrogens is 320 g/mol. The fourth-order valence-corrected chi connectivity index (χ4v) is 3.95. The Hall–Kier alpha value is -2.39. The van der Waals surface area contributed by atoms with E-state index in [1.54, 1.807) is 12.1 Å². The number of H-pyrrole nitrogens is 2. The third-order valence-corrected chi connectivity index (χ3v) is 5.22. The summed E-state index contributed by atoms with van der Waals surface area (Å²) in [6.45, 7) is 2.93. The minimum atomic E-state index is -4.10. The molecule has 0 atom stereocenters. The summed E-state index contributed by atoms with van der Waals surface area (Å²) in [6.07, 6.45) is 0.890. The van der Waals surface area contributed by atoms with Crippen molar-refractivity contribution in [1.29, 1.82) is 0 Å². The number of hydrogen-bond acceptors (Lipinski definition) is 5. The molecule has 0 saturated heterocycles. The molecule has 2 heterocycles. The highest BCUT2D eigenvalue weighted by atomic mass is 32.2. The van der Waals surface area contributed by atoms with Gasteiger partial charge in [-0.05, 0) is 43.1 Å². The summed E-state index contributed by atoms with van der Waals surface area (Å²) in [4.78, 5) is 26.7. The van der Waals surface area contributed by atoms with Gasteiger partial charge in [-0.15, -0.1) is 0 Å². The smallest absolute Gasteiger partial charge is 0.312 e. The number of aromatic amines is 2. The Morgan fingerprint density at radius 2 is 1.91 bits per heavy atom. The van der Waals surface area contributed by atoms with E-state index in [1.807, 2.05) is 11.1 Å². The lowest BCUT2D eigenvalue weighted by Crippen LogP contribution is -2.31. The second-order valence-corrected chi connectivity index (χ2v) is 7.00. The van der Waals surface area contributed by atoms with Crippen molar-refractivity contribution in [1.82, 2.24) is 15.3 Å². The number of aryl methyl sites for hydroxylation is 1. The van der Waals surface area contributed by atoms with Crippen LogP contribution in [0.2, 0.25) is 0 Å². The van der Waals surface area contributed by atoms with Crippen molar-refractivity contribution in [3.8, 4) is 0 Å². The molecule has 4 N–H and O–H groups in total. The largest absolute Gasteiger partial charge is 0.325 e. The fourth-order valence-electron chi connectivity index (χ4n) is 2.66. The molecule has 23 heavy (non-hydrogen) atoms. The number of hydrogen-bond donors (Lipinski definition) is 4. The number of fused-ring (bicyclic) bond motifs is 1. The molecule has 9 heteroatoms. The van der Waals surface area contributed by atoms with E-state index < -0.39 is 26.2 Å². The van der Waals surface area contributed by atoms with E-state index in [0.717, 1.165) is 18.5 Å². The molecule has 1 aliphatic heterocycles. The molecule has 8 nitrogen and oxygen atoms in total. The first kappa shape index (κ1) is 15.5. The van der Waals surface area contributed by atoms with Crippen LogP contribution in [0.1, 0.15) is 16.8 Å². The predicted molar refractivity (Wildman–Crippen MR) is 85.1 cm³/mol. The number of aromatic nitrogens is 2. The molecular formula is C14H16N4O4S. The Labute approximate surface area is 132 Å². The van der Waals surface area contributed by atoms with E-state index in [0.29, 0.717) is 12.2 Å². The van der Waals surface area contributed by atoms with Gasteiger partial charge >= 0.3 is 5.69 Å². The maximum atomic E-state index is 12.5. The summed E-state index contributed by atoms with van der Waals surface area (Å²) in [5.74, 6) is 0. The van der Waals surface area contributed by atoms with Crippen LogP contribution in [0.5, 0.6) is 0 Å².